The van der Waals surface area contributed by atoms with Crippen molar-refractivity contribution in [3.8, 4) is 17.6 Å². The average molecular weight is 501 g/mol. The van der Waals surface area contributed by atoms with Crippen LogP contribution < -0.4 is 15.4 Å². The number of nitriles is 1. The van der Waals surface area contributed by atoms with Crippen LogP contribution in [0.3, 0.4) is 0 Å². The lowest BCUT2D eigenvalue weighted by Crippen LogP contribution is -2.34. The molecule has 0 atom stereocenters. The molecule has 0 aliphatic rings. The fourth-order valence-corrected chi connectivity index (χ4v) is 3.24. The SMILES string of the molecule is CNC(=O)N(C)Cc1ccc(C)c(C(=O)NCc2ccc(Oc3ccc(C#N)cc3)cc2)c1.O=CC=O. The molecule has 0 aromatic heterocycles. The Labute approximate surface area is 215 Å². The third-order valence-electron chi connectivity index (χ3n) is 5.18. The number of carbonyl (C=O) groups excluding carboxylic acids is 4. The molecule has 0 heterocycles. The number of urea groups is 1. The highest BCUT2D eigenvalue weighted by Crippen LogP contribution is 2.22. The minimum absolute atomic E-state index is 0.171. The summed E-state index contributed by atoms with van der Waals surface area (Å²) in [4.78, 5) is 43.7. The van der Waals surface area contributed by atoms with Crippen molar-refractivity contribution in [2.75, 3.05) is 14.1 Å². The monoisotopic (exact) mass is 500 g/mol. The van der Waals surface area contributed by atoms with Crippen LogP contribution in [0.1, 0.15) is 32.6 Å². The van der Waals surface area contributed by atoms with E-state index >= 15 is 0 Å². The van der Waals surface area contributed by atoms with Gasteiger partial charge in [0, 0.05) is 32.7 Å². The van der Waals surface area contributed by atoms with Crippen molar-refractivity contribution in [1.29, 1.82) is 5.26 Å². The fourth-order valence-electron chi connectivity index (χ4n) is 3.24. The van der Waals surface area contributed by atoms with E-state index in [9.17, 15) is 9.59 Å². The van der Waals surface area contributed by atoms with Gasteiger partial charge in [-0.1, -0.05) is 24.3 Å². The lowest BCUT2D eigenvalue weighted by atomic mass is 10.0. The van der Waals surface area contributed by atoms with Gasteiger partial charge in [-0.05, 0) is 66.1 Å². The molecule has 0 bridgehead atoms. The van der Waals surface area contributed by atoms with E-state index in [2.05, 4.69) is 16.7 Å². The summed E-state index contributed by atoms with van der Waals surface area (Å²) in [5.74, 6) is 1.14. The van der Waals surface area contributed by atoms with E-state index in [1.165, 1.54) is 0 Å². The van der Waals surface area contributed by atoms with Crippen molar-refractivity contribution in [3.05, 3.63) is 94.5 Å². The Morgan fingerprint density at radius 2 is 1.51 bits per heavy atom. The molecule has 9 heteroatoms. The van der Waals surface area contributed by atoms with Gasteiger partial charge in [-0.3, -0.25) is 14.4 Å². The van der Waals surface area contributed by atoms with Crippen molar-refractivity contribution < 1.29 is 23.9 Å². The third kappa shape index (κ3) is 8.96. The van der Waals surface area contributed by atoms with Crippen LogP contribution in [0, 0.1) is 18.3 Å². The maximum atomic E-state index is 12.8. The van der Waals surface area contributed by atoms with E-state index in [1.807, 2.05) is 49.4 Å². The van der Waals surface area contributed by atoms with Crippen LogP contribution in [0.15, 0.2) is 66.7 Å². The molecule has 0 spiro atoms. The summed E-state index contributed by atoms with van der Waals surface area (Å²) in [7, 11) is 3.28. The Bertz CT molecular complexity index is 1260. The van der Waals surface area contributed by atoms with E-state index in [4.69, 9.17) is 19.6 Å². The van der Waals surface area contributed by atoms with Gasteiger partial charge in [-0.15, -0.1) is 0 Å². The van der Waals surface area contributed by atoms with Crippen molar-refractivity contribution in [1.82, 2.24) is 15.5 Å². The van der Waals surface area contributed by atoms with E-state index in [0.717, 1.165) is 16.7 Å². The summed E-state index contributed by atoms with van der Waals surface area (Å²) in [5, 5.41) is 14.4. The van der Waals surface area contributed by atoms with E-state index in [1.54, 1.807) is 43.3 Å². The van der Waals surface area contributed by atoms with Crippen LogP contribution in [-0.2, 0) is 22.7 Å². The lowest BCUT2D eigenvalue weighted by molar-refractivity contribution is -0.122. The van der Waals surface area contributed by atoms with Crippen molar-refractivity contribution in [2.45, 2.75) is 20.0 Å². The third-order valence-corrected chi connectivity index (χ3v) is 5.18. The molecule has 0 radical (unpaired) electrons. The van der Waals surface area contributed by atoms with E-state index < -0.39 is 0 Å². The second-order valence-electron chi connectivity index (χ2n) is 7.90. The molecule has 0 saturated carbocycles. The number of aryl methyl sites for hydroxylation is 1. The molecule has 0 saturated heterocycles. The highest BCUT2D eigenvalue weighted by atomic mass is 16.5. The van der Waals surface area contributed by atoms with Crippen LogP contribution in [0.25, 0.3) is 0 Å². The summed E-state index contributed by atoms with van der Waals surface area (Å²) < 4.78 is 5.78. The zero-order valence-electron chi connectivity index (χ0n) is 20.9. The van der Waals surface area contributed by atoms with Gasteiger partial charge in [-0.25, -0.2) is 4.79 Å². The molecule has 0 aliphatic heterocycles. The highest BCUT2D eigenvalue weighted by molar-refractivity contribution is 6.09. The van der Waals surface area contributed by atoms with Crippen LogP contribution in [0.4, 0.5) is 4.79 Å². The molecule has 3 aromatic rings. The number of nitrogens with one attached hydrogen (secondary N) is 2. The van der Waals surface area contributed by atoms with E-state index in [0.29, 0.717) is 35.7 Å². The predicted molar refractivity (Wildman–Crippen MR) is 138 cm³/mol. The quantitative estimate of drug-likeness (QED) is 0.358. The van der Waals surface area contributed by atoms with Gasteiger partial charge in [-0.2, -0.15) is 5.26 Å². The molecule has 190 valence electrons. The van der Waals surface area contributed by atoms with Crippen LogP contribution in [0.5, 0.6) is 11.5 Å². The van der Waals surface area contributed by atoms with Gasteiger partial charge in [0.15, 0.2) is 12.6 Å². The number of carbonyl (C=O) groups is 4. The summed E-state index contributed by atoms with van der Waals surface area (Å²) >= 11 is 0. The smallest absolute Gasteiger partial charge is 0.317 e. The topological polar surface area (TPSA) is 129 Å². The second kappa shape index (κ2) is 14.4. The average Bonchev–Trinajstić information content (AvgIpc) is 2.93. The van der Waals surface area contributed by atoms with Crippen molar-refractivity contribution in [3.63, 3.8) is 0 Å². The number of hydrogen-bond acceptors (Lipinski definition) is 6. The summed E-state index contributed by atoms with van der Waals surface area (Å²) in [6.07, 6.45) is 0.389. The molecule has 3 amide bonds. The molecule has 3 aromatic carbocycles. The van der Waals surface area contributed by atoms with Crippen LogP contribution in [-0.4, -0.2) is 43.5 Å². The van der Waals surface area contributed by atoms with Gasteiger partial charge in [0.1, 0.15) is 11.5 Å². The number of rotatable bonds is 8. The van der Waals surface area contributed by atoms with Gasteiger partial charge in [0.25, 0.3) is 5.91 Å². The zero-order valence-corrected chi connectivity index (χ0v) is 20.9. The summed E-state index contributed by atoms with van der Waals surface area (Å²) in [5.41, 5.74) is 3.83. The van der Waals surface area contributed by atoms with E-state index in [-0.39, 0.29) is 24.5 Å². The number of nitrogens with zero attached hydrogens (tertiary/aromatic N) is 2. The maximum Gasteiger partial charge on any atom is 0.317 e. The molecule has 0 aliphatic carbocycles. The number of aldehydes is 2. The number of ether oxygens (including phenoxy) is 1. The predicted octanol–water partition coefficient (Wildman–Crippen LogP) is 3.74. The minimum atomic E-state index is -0.187. The first-order chi connectivity index (χ1) is 17.8. The lowest BCUT2D eigenvalue weighted by Gasteiger charge is -2.17. The molecule has 0 fully saturated rings. The van der Waals surface area contributed by atoms with Gasteiger partial charge >= 0.3 is 6.03 Å². The van der Waals surface area contributed by atoms with Crippen molar-refractivity contribution in [2.24, 2.45) is 0 Å². The summed E-state index contributed by atoms with van der Waals surface area (Å²) in [6.45, 7) is 2.66. The standard InChI is InChI=1S/C26H26N4O3.C2H2O2/c1-18-4-5-21(17-30(3)26(32)28-2)14-24(18)25(31)29-16-20-8-12-23(13-9-20)33-22-10-6-19(15-27)7-11-22;3-1-2-4/h4-14H,16-17H2,1-3H3,(H,28,32)(H,29,31);1-2H. The molecule has 3 rings (SSSR count). The largest absolute Gasteiger partial charge is 0.457 e. The zero-order chi connectivity index (χ0) is 27.2. The Morgan fingerprint density at radius 3 is 2.05 bits per heavy atom. The first-order valence-corrected chi connectivity index (χ1v) is 11.3. The second-order valence-corrected chi connectivity index (χ2v) is 7.90. The molecular weight excluding hydrogens is 472 g/mol. The molecule has 0 unspecified atom stereocenters. The Kier molecular flexibility index (Phi) is 11.0. The maximum absolute atomic E-state index is 12.8. The van der Waals surface area contributed by atoms with Gasteiger partial charge in [0.2, 0.25) is 0 Å². The Morgan fingerprint density at radius 1 is 0.946 bits per heavy atom. The highest BCUT2D eigenvalue weighted by Gasteiger charge is 2.12. The number of benzene rings is 3. The minimum Gasteiger partial charge on any atom is -0.457 e. The molecular formula is C28H28N4O5. The van der Waals surface area contributed by atoms with Gasteiger partial charge < -0.3 is 20.3 Å². The van der Waals surface area contributed by atoms with Crippen LogP contribution in [0.2, 0.25) is 0 Å². The first kappa shape index (κ1) is 28.3. The number of amides is 3. The molecule has 2 N–H and O–H groups in total. The fraction of sp³-hybridized carbons (Fsp3) is 0.179. The van der Waals surface area contributed by atoms with Crippen molar-refractivity contribution >= 4 is 24.5 Å². The van der Waals surface area contributed by atoms with Gasteiger partial charge in [0.05, 0.1) is 11.6 Å². The molecule has 9 nitrogen and oxygen atoms in total. The summed E-state index contributed by atoms with van der Waals surface area (Å²) in [6, 6.07) is 21.8. The Balaban J connectivity index is 0.00000112. The molecule has 37 heavy (non-hydrogen) atoms. The first-order valence-electron chi connectivity index (χ1n) is 11.3. The van der Waals surface area contributed by atoms with Crippen LogP contribution >= 0.6 is 0 Å². The Hall–Kier alpha value is -4.97. The number of hydrogen-bond donors (Lipinski definition) is 2. The normalized spacial score (nSPS) is 9.57.